The summed E-state index contributed by atoms with van der Waals surface area (Å²) in [6, 6.07) is 1.13. The zero-order valence-corrected chi connectivity index (χ0v) is 12.0. The van der Waals surface area contributed by atoms with Crippen molar-refractivity contribution in [2.75, 3.05) is 18.1 Å². The maximum absolute atomic E-state index is 11.3. The number of nitrogens with one attached hydrogen (secondary N) is 1. The van der Waals surface area contributed by atoms with Crippen molar-refractivity contribution in [3.63, 3.8) is 0 Å². The van der Waals surface area contributed by atoms with Gasteiger partial charge in [0.1, 0.15) is 0 Å². The maximum Gasteiger partial charge on any atom is 0.0655 e. The van der Waals surface area contributed by atoms with Gasteiger partial charge in [-0.25, -0.2) is 0 Å². The Bertz CT molecular complexity index is 283. The Morgan fingerprint density at radius 2 is 2.00 bits per heavy atom. The molecule has 2 aliphatic rings. The highest BCUT2D eigenvalue weighted by Crippen LogP contribution is 2.43. The molecule has 2 unspecified atom stereocenters. The summed E-state index contributed by atoms with van der Waals surface area (Å²) in [5, 5.41) is 3.74. The molecule has 0 amide bonds. The van der Waals surface area contributed by atoms with Gasteiger partial charge in [-0.15, -0.1) is 0 Å². The molecule has 1 heterocycles. The minimum absolute atomic E-state index is 0.243. The summed E-state index contributed by atoms with van der Waals surface area (Å²) in [5.41, 5.74) is 0.243. The largest absolute Gasteiger partial charge is 0.378 e. The van der Waals surface area contributed by atoms with Crippen molar-refractivity contribution in [1.82, 2.24) is 5.32 Å². The average Bonchev–Trinajstić information content (AvgIpc) is 2.30. The van der Waals surface area contributed by atoms with Crippen LogP contribution in [-0.4, -0.2) is 40.5 Å². The Balaban J connectivity index is 1.79. The monoisotopic (exact) mass is 259 g/mol. The lowest BCUT2D eigenvalue weighted by atomic mass is 9.64. The molecule has 0 aromatic carbocycles. The van der Waals surface area contributed by atoms with E-state index in [-0.39, 0.29) is 5.41 Å². The second-order valence-corrected chi connectivity index (χ2v) is 7.54. The van der Waals surface area contributed by atoms with E-state index >= 15 is 0 Å². The van der Waals surface area contributed by atoms with Crippen molar-refractivity contribution in [3.8, 4) is 0 Å². The zero-order chi connectivity index (χ0) is 12.5. The molecule has 0 aromatic rings. The van der Waals surface area contributed by atoms with Crippen LogP contribution >= 0.6 is 0 Å². The third-order valence-corrected chi connectivity index (χ3v) is 5.75. The first-order valence-electron chi connectivity index (χ1n) is 6.76. The topological polar surface area (TPSA) is 38.3 Å². The van der Waals surface area contributed by atoms with Crippen LogP contribution in [0.3, 0.4) is 0 Å². The van der Waals surface area contributed by atoms with Gasteiger partial charge in [0.05, 0.1) is 6.10 Å². The molecule has 1 aliphatic heterocycles. The summed E-state index contributed by atoms with van der Waals surface area (Å²) in [6.07, 6.45) is 3.67. The third-order valence-electron chi connectivity index (χ3n) is 4.37. The molecule has 100 valence electrons. The fourth-order valence-electron chi connectivity index (χ4n) is 2.90. The van der Waals surface area contributed by atoms with Crippen molar-refractivity contribution in [3.05, 3.63) is 0 Å². The minimum Gasteiger partial charge on any atom is -0.378 e. The molecule has 0 aromatic heterocycles. The van der Waals surface area contributed by atoms with E-state index < -0.39 is 10.8 Å². The molecular formula is C13H25NO2S. The quantitative estimate of drug-likeness (QED) is 0.835. The molecule has 2 fully saturated rings. The van der Waals surface area contributed by atoms with Gasteiger partial charge < -0.3 is 10.1 Å². The van der Waals surface area contributed by atoms with Gasteiger partial charge in [-0.05, 0) is 26.2 Å². The van der Waals surface area contributed by atoms with Crippen molar-refractivity contribution in [1.29, 1.82) is 0 Å². The summed E-state index contributed by atoms with van der Waals surface area (Å²) in [4.78, 5) is 0. The first-order chi connectivity index (χ1) is 8.04. The molecule has 0 bridgehead atoms. The van der Waals surface area contributed by atoms with Gasteiger partial charge in [0.15, 0.2) is 0 Å². The smallest absolute Gasteiger partial charge is 0.0655 e. The van der Waals surface area contributed by atoms with E-state index in [4.69, 9.17) is 4.74 Å². The number of hydrogen-bond acceptors (Lipinski definition) is 3. The molecule has 0 radical (unpaired) electrons. The molecule has 1 saturated heterocycles. The first kappa shape index (κ1) is 13.5. The Hall–Kier alpha value is 0.0700. The molecule has 2 rings (SSSR count). The number of hydrogen-bond donors (Lipinski definition) is 1. The van der Waals surface area contributed by atoms with Gasteiger partial charge in [0, 0.05) is 46.4 Å². The first-order valence-corrected chi connectivity index (χ1v) is 8.25. The van der Waals surface area contributed by atoms with E-state index in [2.05, 4.69) is 26.1 Å². The Labute approximate surface area is 107 Å². The van der Waals surface area contributed by atoms with Crippen LogP contribution in [0.15, 0.2) is 0 Å². The number of ether oxygens (including phenoxy) is 1. The van der Waals surface area contributed by atoms with Crippen molar-refractivity contribution in [2.45, 2.75) is 58.2 Å². The molecule has 3 nitrogen and oxygen atoms in total. The predicted molar refractivity (Wildman–Crippen MR) is 71.6 cm³/mol. The van der Waals surface area contributed by atoms with E-state index in [0.29, 0.717) is 18.2 Å². The second-order valence-electron chi connectivity index (χ2n) is 5.84. The fraction of sp³-hybridized carbons (Fsp3) is 1.00. The highest BCUT2D eigenvalue weighted by atomic mass is 32.2. The van der Waals surface area contributed by atoms with Crippen molar-refractivity contribution in [2.24, 2.45) is 5.41 Å². The van der Waals surface area contributed by atoms with E-state index in [1.807, 2.05) is 0 Å². The fourth-order valence-corrected chi connectivity index (χ4v) is 4.20. The van der Waals surface area contributed by atoms with Gasteiger partial charge in [0.25, 0.3) is 0 Å². The lowest BCUT2D eigenvalue weighted by Gasteiger charge is -2.53. The van der Waals surface area contributed by atoms with Crippen LogP contribution in [0.2, 0.25) is 0 Å². The molecule has 1 N–H and O–H groups in total. The molecule has 2 atom stereocenters. The van der Waals surface area contributed by atoms with Crippen LogP contribution in [0.5, 0.6) is 0 Å². The standard InChI is InChI=1S/C13H25NO2S/c1-4-16-12-9-11(13(12,2)3)14-10-5-7-17(15)8-6-10/h10-12,14H,4-9H2,1-3H3. The van der Waals surface area contributed by atoms with E-state index in [1.165, 1.54) is 0 Å². The van der Waals surface area contributed by atoms with Gasteiger partial charge in [-0.3, -0.25) is 4.21 Å². The second kappa shape index (κ2) is 5.37. The molecular weight excluding hydrogens is 234 g/mol. The van der Waals surface area contributed by atoms with Crippen molar-refractivity contribution < 1.29 is 8.95 Å². The highest BCUT2D eigenvalue weighted by Gasteiger charge is 2.49. The lowest BCUT2D eigenvalue weighted by Crippen LogP contribution is -2.63. The third kappa shape index (κ3) is 2.91. The van der Waals surface area contributed by atoms with Crippen molar-refractivity contribution >= 4 is 10.8 Å². The maximum atomic E-state index is 11.3. The van der Waals surface area contributed by atoms with Crippen LogP contribution in [0.25, 0.3) is 0 Å². The summed E-state index contributed by atoms with van der Waals surface area (Å²) in [7, 11) is -0.554. The Kier molecular flexibility index (Phi) is 4.26. The summed E-state index contributed by atoms with van der Waals surface area (Å²) >= 11 is 0. The average molecular weight is 259 g/mol. The van der Waals surface area contributed by atoms with Gasteiger partial charge in [-0.1, -0.05) is 13.8 Å². The highest BCUT2D eigenvalue weighted by molar-refractivity contribution is 7.85. The van der Waals surface area contributed by atoms with Gasteiger partial charge >= 0.3 is 0 Å². The Morgan fingerprint density at radius 3 is 2.53 bits per heavy atom. The van der Waals surface area contributed by atoms with Crippen LogP contribution in [0, 0.1) is 5.41 Å². The minimum atomic E-state index is -0.554. The molecule has 1 aliphatic carbocycles. The summed E-state index contributed by atoms with van der Waals surface area (Å²) < 4.78 is 17.0. The Morgan fingerprint density at radius 1 is 1.35 bits per heavy atom. The van der Waals surface area contributed by atoms with Gasteiger partial charge in [0.2, 0.25) is 0 Å². The molecule has 17 heavy (non-hydrogen) atoms. The molecule has 1 saturated carbocycles. The van der Waals surface area contributed by atoms with Crippen LogP contribution < -0.4 is 5.32 Å². The molecule has 4 heteroatoms. The van der Waals surface area contributed by atoms with E-state index in [9.17, 15) is 4.21 Å². The summed E-state index contributed by atoms with van der Waals surface area (Å²) in [6.45, 7) is 7.45. The summed E-state index contributed by atoms with van der Waals surface area (Å²) in [5.74, 6) is 1.75. The lowest BCUT2D eigenvalue weighted by molar-refractivity contribution is -0.116. The number of rotatable bonds is 4. The normalized spacial score (nSPS) is 40.9. The predicted octanol–water partition coefficient (Wildman–Crippen LogP) is 1.69. The van der Waals surface area contributed by atoms with Crippen LogP contribution in [0.4, 0.5) is 0 Å². The van der Waals surface area contributed by atoms with E-state index in [0.717, 1.165) is 37.4 Å². The van der Waals surface area contributed by atoms with Crippen LogP contribution in [-0.2, 0) is 15.5 Å². The zero-order valence-electron chi connectivity index (χ0n) is 11.2. The van der Waals surface area contributed by atoms with Crippen LogP contribution in [0.1, 0.15) is 40.0 Å². The van der Waals surface area contributed by atoms with Gasteiger partial charge in [-0.2, -0.15) is 0 Å². The van der Waals surface area contributed by atoms with E-state index in [1.54, 1.807) is 0 Å². The SMILES string of the molecule is CCOC1CC(NC2CCS(=O)CC2)C1(C)C. The molecule has 0 spiro atoms.